The third-order valence-electron chi connectivity index (χ3n) is 6.83. The molecule has 1 heterocycles. The lowest BCUT2D eigenvalue weighted by molar-refractivity contribution is -0.142. The zero-order chi connectivity index (χ0) is 25.9. The number of amides is 1. The second kappa shape index (κ2) is 10.6. The quantitative estimate of drug-likeness (QED) is 0.318. The molecule has 3 aromatic rings. The molecule has 0 spiro atoms. The number of methoxy groups -OCH3 is 1. The molecule has 1 aliphatic heterocycles. The molecule has 3 aromatic carbocycles. The normalized spacial score (nSPS) is 17.6. The van der Waals surface area contributed by atoms with Crippen molar-refractivity contribution in [1.82, 2.24) is 4.90 Å². The van der Waals surface area contributed by atoms with Crippen LogP contribution in [0.1, 0.15) is 35.2 Å². The maximum Gasteiger partial charge on any atom is 0.411 e. The first-order chi connectivity index (χ1) is 18.0. The van der Waals surface area contributed by atoms with E-state index < -0.39 is 0 Å². The van der Waals surface area contributed by atoms with E-state index in [1.807, 2.05) is 50.5 Å². The third-order valence-corrected chi connectivity index (χ3v) is 6.83. The van der Waals surface area contributed by atoms with E-state index in [0.717, 1.165) is 28.6 Å². The summed E-state index contributed by atoms with van der Waals surface area (Å²) in [5.41, 5.74) is 4.96. The van der Waals surface area contributed by atoms with E-state index in [9.17, 15) is 9.59 Å². The lowest BCUT2D eigenvalue weighted by Gasteiger charge is -2.23. The second-order valence-electron chi connectivity index (χ2n) is 9.12. The van der Waals surface area contributed by atoms with Gasteiger partial charge in [0, 0.05) is 12.0 Å². The van der Waals surface area contributed by atoms with Crippen molar-refractivity contribution in [2.75, 3.05) is 13.7 Å². The largest absolute Gasteiger partial charge is 0.493 e. The lowest BCUT2D eigenvalue weighted by Crippen LogP contribution is -2.28. The third kappa shape index (κ3) is 5.01. The predicted molar refractivity (Wildman–Crippen MR) is 140 cm³/mol. The van der Waals surface area contributed by atoms with E-state index in [2.05, 4.69) is 12.1 Å². The standard InChI is InChI=1S/C29H29BNO6/c1-4-35-27(32)14-18-9-11-24(34-3)25(13-18)36-23-12-10-21(30-2)15-20(23)17-31-28-22-8-6-5-7-19(22)16-26(28)37-29(31)33/h5-13,15,26,28H,4,14,16-17H2,1-3H3/t26-,28+/m0/s1. The van der Waals surface area contributed by atoms with Gasteiger partial charge < -0.3 is 18.9 Å². The van der Waals surface area contributed by atoms with Gasteiger partial charge in [0.1, 0.15) is 19.1 Å². The van der Waals surface area contributed by atoms with Gasteiger partial charge in [0.2, 0.25) is 0 Å². The molecule has 7 nitrogen and oxygen atoms in total. The highest BCUT2D eigenvalue weighted by Crippen LogP contribution is 2.44. The van der Waals surface area contributed by atoms with Crippen molar-refractivity contribution in [3.05, 3.63) is 82.9 Å². The van der Waals surface area contributed by atoms with Gasteiger partial charge in [0.05, 0.1) is 32.7 Å². The molecule has 0 N–H and O–H groups in total. The molecule has 189 valence electrons. The molecule has 5 rings (SSSR count). The van der Waals surface area contributed by atoms with E-state index in [0.29, 0.717) is 30.4 Å². The van der Waals surface area contributed by atoms with Gasteiger partial charge in [-0.3, -0.25) is 9.69 Å². The molecule has 2 aliphatic rings. The van der Waals surface area contributed by atoms with E-state index >= 15 is 0 Å². The summed E-state index contributed by atoms with van der Waals surface area (Å²) in [5, 5.41) is 0. The SMILES string of the molecule is C[B]c1ccc(Oc2cc(CC(=O)OCC)ccc2OC)c(CN2C(=O)O[C@H]3Cc4ccccc4[C@H]32)c1. The molecule has 37 heavy (non-hydrogen) atoms. The number of rotatable bonds is 9. The summed E-state index contributed by atoms with van der Waals surface area (Å²) >= 11 is 0. The van der Waals surface area contributed by atoms with Crippen LogP contribution in [0.4, 0.5) is 4.79 Å². The molecule has 1 radical (unpaired) electrons. The van der Waals surface area contributed by atoms with Crippen molar-refractivity contribution in [2.45, 2.75) is 45.3 Å². The molecule has 1 saturated heterocycles. The minimum atomic E-state index is -0.324. The van der Waals surface area contributed by atoms with Gasteiger partial charge in [-0.1, -0.05) is 54.8 Å². The average molecular weight is 498 g/mol. The minimum Gasteiger partial charge on any atom is -0.493 e. The van der Waals surface area contributed by atoms with Crippen LogP contribution in [0.2, 0.25) is 6.82 Å². The van der Waals surface area contributed by atoms with Crippen LogP contribution in [-0.2, 0) is 33.7 Å². The summed E-state index contributed by atoms with van der Waals surface area (Å²) in [7, 11) is 3.57. The Bertz CT molecular complexity index is 1330. The summed E-state index contributed by atoms with van der Waals surface area (Å²) in [6.45, 7) is 4.40. The van der Waals surface area contributed by atoms with Crippen LogP contribution in [0.3, 0.4) is 0 Å². The van der Waals surface area contributed by atoms with Crippen molar-refractivity contribution < 1.29 is 28.5 Å². The summed E-state index contributed by atoms with van der Waals surface area (Å²) in [6.07, 6.45) is 0.345. The first-order valence-electron chi connectivity index (χ1n) is 12.5. The Kier molecular flexibility index (Phi) is 7.08. The van der Waals surface area contributed by atoms with E-state index in [1.165, 1.54) is 5.56 Å². The number of esters is 1. The number of carbonyl (C=O) groups excluding carboxylic acids is 2. The fourth-order valence-electron chi connectivity index (χ4n) is 5.08. The van der Waals surface area contributed by atoms with Crippen LogP contribution in [0.15, 0.2) is 60.7 Å². The highest BCUT2D eigenvalue weighted by atomic mass is 16.6. The van der Waals surface area contributed by atoms with Gasteiger partial charge in [-0.05, 0) is 41.8 Å². The zero-order valence-corrected chi connectivity index (χ0v) is 21.2. The number of nitrogens with zero attached hydrogens (tertiary/aromatic N) is 1. The van der Waals surface area contributed by atoms with Gasteiger partial charge in [-0.15, -0.1) is 0 Å². The summed E-state index contributed by atoms with van der Waals surface area (Å²) < 4.78 is 22.7. The molecule has 0 aromatic heterocycles. The maximum absolute atomic E-state index is 12.9. The Labute approximate surface area is 217 Å². The maximum atomic E-state index is 12.9. The Morgan fingerprint density at radius 3 is 2.68 bits per heavy atom. The van der Waals surface area contributed by atoms with Crippen molar-refractivity contribution in [3.8, 4) is 17.2 Å². The van der Waals surface area contributed by atoms with Crippen molar-refractivity contribution in [1.29, 1.82) is 0 Å². The average Bonchev–Trinajstić information content (AvgIpc) is 3.40. The minimum absolute atomic E-state index is 0.131. The smallest absolute Gasteiger partial charge is 0.411 e. The molecule has 1 aliphatic carbocycles. The number of hydrogen-bond acceptors (Lipinski definition) is 6. The number of fused-ring (bicyclic) bond motifs is 3. The van der Waals surface area contributed by atoms with Crippen LogP contribution >= 0.6 is 0 Å². The van der Waals surface area contributed by atoms with Gasteiger partial charge in [-0.2, -0.15) is 0 Å². The van der Waals surface area contributed by atoms with E-state index in [-0.39, 0.29) is 30.6 Å². The predicted octanol–water partition coefficient (Wildman–Crippen LogP) is 4.59. The molecule has 0 bridgehead atoms. The summed E-state index contributed by atoms with van der Waals surface area (Å²) in [4.78, 5) is 26.7. The molecule has 1 fully saturated rings. The van der Waals surface area contributed by atoms with Crippen LogP contribution in [-0.4, -0.2) is 44.1 Å². The first-order valence-corrected chi connectivity index (χ1v) is 12.5. The van der Waals surface area contributed by atoms with Gasteiger partial charge in [0.15, 0.2) is 11.5 Å². The molecule has 1 amide bonds. The highest BCUT2D eigenvalue weighted by Gasteiger charge is 2.47. The van der Waals surface area contributed by atoms with Crippen molar-refractivity contribution in [2.24, 2.45) is 0 Å². The van der Waals surface area contributed by atoms with Gasteiger partial charge in [-0.25, -0.2) is 4.79 Å². The van der Waals surface area contributed by atoms with Gasteiger partial charge in [0.25, 0.3) is 0 Å². The number of benzene rings is 3. The lowest BCUT2D eigenvalue weighted by atomic mass is 9.73. The number of ether oxygens (including phenoxy) is 4. The van der Waals surface area contributed by atoms with Crippen molar-refractivity contribution >= 4 is 24.8 Å². The fraction of sp³-hybridized carbons (Fsp3) is 0.310. The number of carbonyl (C=O) groups is 2. The van der Waals surface area contributed by atoms with Gasteiger partial charge >= 0.3 is 12.1 Å². The molecule has 0 unspecified atom stereocenters. The molecule has 0 saturated carbocycles. The summed E-state index contributed by atoms with van der Waals surface area (Å²) in [5.74, 6) is 1.31. The molecular formula is C29H29BNO6. The summed E-state index contributed by atoms with van der Waals surface area (Å²) in [6, 6.07) is 19.3. The highest BCUT2D eigenvalue weighted by molar-refractivity contribution is 6.51. The topological polar surface area (TPSA) is 74.3 Å². The second-order valence-corrected chi connectivity index (χ2v) is 9.12. The van der Waals surface area contributed by atoms with E-state index in [1.54, 1.807) is 31.1 Å². The Morgan fingerprint density at radius 1 is 1.08 bits per heavy atom. The van der Waals surface area contributed by atoms with Crippen LogP contribution in [0.5, 0.6) is 17.2 Å². The monoisotopic (exact) mass is 498 g/mol. The van der Waals surface area contributed by atoms with Crippen LogP contribution < -0.4 is 14.9 Å². The molecule has 8 heteroatoms. The van der Waals surface area contributed by atoms with E-state index in [4.69, 9.17) is 18.9 Å². The Hall–Kier alpha value is -3.94. The Morgan fingerprint density at radius 2 is 1.89 bits per heavy atom. The fourth-order valence-corrected chi connectivity index (χ4v) is 5.08. The number of hydrogen-bond donors (Lipinski definition) is 0. The molecular weight excluding hydrogens is 469 g/mol. The Balaban J connectivity index is 1.45. The first kappa shape index (κ1) is 24.7. The molecule has 2 atom stereocenters. The van der Waals surface area contributed by atoms with Crippen LogP contribution in [0, 0.1) is 0 Å². The zero-order valence-electron chi connectivity index (χ0n) is 21.2. The van der Waals surface area contributed by atoms with Crippen molar-refractivity contribution in [3.63, 3.8) is 0 Å². The van der Waals surface area contributed by atoms with Crippen LogP contribution in [0.25, 0.3) is 0 Å².